The minimum Gasteiger partial charge on any atom is -0.371 e. The van der Waals surface area contributed by atoms with Crippen LogP contribution in [0, 0.1) is 0 Å². The summed E-state index contributed by atoms with van der Waals surface area (Å²) in [5.41, 5.74) is 2.13. The zero-order valence-electron chi connectivity index (χ0n) is 10.8. The van der Waals surface area contributed by atoms with Crippen LogP contribution < -0.4 is 0 Å². The molecule has 0 amide bonds. The molecule has 0 aliphatic carbocycles. The molecule has 20 heavy (non-hydrogen) atoms. The Morgan fingerprint density at radius 3 is 1.80 bits per heavy atom. The van der Waals surface area contributed by atoms with Gasteiger partial charge in [-0.15, -0.1) is 0 Å². The van der Waals surface area contributed by atoms with Crippen LogP contribution >= 0.6 is 23.2 Å². The molecular formula is C16H14Cl2O2. The van der Waals surface area contributed by atoms with Gasteiger partial charge in [0.2, 0.25) is 0 Å². The molecule has 0 saturated carbocycles. The summed E-state index contributed by atoms with van der Waals surface area (Å²) in [6.45, 7) is 1.38. The summed E-state index contributed by atoms with van der Waals surface area (Å²) >= 11 is 11.9. The van der Waals surface area contributed by atoms with Crippen LogP contribution in [0.1, 0.15) is 17.2 Å². The standard InChI is InChI=1S/C16H14Cl2O2/c17-13-5-1-11(2-6-13)16(20-10-15-9-19-15)12-3-7-14(18)8-4-12/h1-8,15-16H,9-10H2. The van der Waals surface area contributed by atoms with Crippen molar-refractivity contribution in [3.8, 4) is 0 Å². The molecule has 1 aliphatic rings. The Morgan fingerprint density at radius 1 is 0.950 bits per heavy atom. The van der Waals surface area contributed by atoms with Crippen molar-refractivity contribution < 1.29 is 9.47 Å². The predicted molar refractivity (Wildman–Crippen MR) is 80.4 cm³/mol. The van der Waals surface area contributed by atoms with Crippen LogP contribution in [0.15, 0.2) is 48.5 Å². The summed E-state index contributed by atoms with van der Waals surface area (Å²) in [7, 11) is 0. The third-order valence-corrected chi connectivity index (χ3v) is 3.70. The molecular weight excluding hydrogens is 295 g/mol. The minimum absolute atomic E-state index is 0.131. The molecule has 0 spiro atoms. The van der Waals surface area contributed by atoms with Gasteiger partial charge in [0.15, 0.2) is 0 Å². The first kappa shape index (κ1) is 13.9. The van der Waals surface area contributed by atoms with E-state index in [9.17, 15) is 0 Å². The quantitative estimate of drug-likeness (QED) is 0.759. The van der Waals surface area contributed by atoms with Crippen LogP contribution in [0.2, 0.25) is 10.0 Å². The van der Waals surface area contributed by atoms with Crippen LogP contribution in [-0.2, 0) is 9.47 Å². The van der Waals surface area contributed by atoms with Crippen LogP contribution in [0.5, 0.6) is 0 Å². The summed E-state index contributed by atoms with van der Waals surface area (Å²) in [5.74, 6) is 0. The van der Waals surface area contributed by atoms with Crippen molar-refractivity contribution in [3.05, 3.63) is 69.7 Å². The second-order valence-corrected chi connectivity index (χ2v) is 5.64. The molecule has 1 heterocycles. The molecule has 1 aliphatic heterocycles. The van der Waals surface area contributed by atoms with E-state index in [0.29, 0.717) is 16.7 Å². The first-order valence-electron chi connectivity index (χ1n) is 6.46. The summed E-state index contributed by atoms with van der Waals surface area (Å²) in [5, 5.41) is 1.43. The largest absolute Gasteiger partial charge is 0.371 e. The third-order valence-electron chi connectivity index (χ3n) is 3.20. The van der Waals surface area contributed by atoms with E-state index in [4.69, 9.17) is 32.7 Å². The molecule has 1 unspecified atom stereocenters. The van der Waals surface area contributed by atoms with Gasteiger partial charge in [-0.2, -0.15) is 0 Å². The lowest BCUT2D eigenvalue weighted by Crippen LogP contribution is -2.10. The van der Waals surface area contributed by atoms with Gasteiger partial charge in [-0.25, -0.2) is 0 Å². The number of ether oxygens (including phenoxy) is 2. The van der Waals surface area contributed by atoms with Gasteiger partial charge in [-0.05, 0) is 35.4 Å². The summed E-state index contributed by atoms with van der Waals surface area (Å²) in [4.78, 5) is 0. The van der Waals surface area contributed by atoms with E-state index >= 15 is 0 Å². The molecule has 4 heteroatoms. The van der Waals surface area contributed by atoms with Crippen molar-refractivity contribution in [1.82, 2.24) is 0 Å². The molecule has 0 N–H and O–H groups in total. The van der Waals surface area contributed by atoms with E-state index in [0.717, 1.165) is 17.7 Å². The molecule has 2 nitrogen and oxygen atoms in total. The molecule has 104 valence electrons. The van der Waals surface area contributed by atoms with E-state index in [1.807, 2.05) is 48.5 Å². The Morgan fingerprint density at radius 2 is 1.40 bits per heavy atom. The lowest BCUT2D eigenvalue weighted by molar-refractivity contribution is 0.0672. The van der Waals surface area contributed by atoms with Gasteiger partial charge in [-0.1, -0.05) is 47.5 Å². The summed E-state index contributed by atoms with van der Waals surface area (Å²) < 4.78 is 11.2. The fraction of sp³-hybridized carbons (Fsp3) is 0.250. The van der Waals surface area contributed by atoms with E-state index in [-0.39, 0.29) is 12.2 Å². The van der Waals surface area contributed by atoms with Crippen LogP contribution in [0.4, 0.5) is 0 Å². The average molecular weight is 309 g/mol. The fourth-order valence-corrected chi connectivity index (χ4v) is 2.28. The van der Waals surface area contributed by atoms with Gasteiger partial charge in [0.25, 0.3) is 0 Å². The Kier molecular flexibility index (Phi) is 4.27. The highest BCUT2D eigenvalue weighted by Gasteiger charge is 2.25. The van der Waals surface area contributed by atoms with Crippen LogP contribution in [0.3, 0.4) is 0 Å². The lowest BCUT2D eigenvalue weighted by atomic mass is 10.0. The second kappa shape index (κ2) is 6.15. The molecule has 3 rings (SSSR count). The summed E-state index contributed by atoms with van der Waals surface area (Å²) in [6.07, 6.45) is 0.103. The zero-order chi connectivity index (χ0) is 13.9. The Balaban J connectivity index is 1.85. The molecule has 1 saturated heterocycles. The van der Waals surface area contributed by atoms with Gasteiger partial charge >= 0.3 is 0 Å². The minimum atomic E-state index is -0.131. The highest BCUT2D eigenvalue weighted by molar-refractivity contribution is 6.30. The van der Waals surface area contributed by atoms with Crippen molar-refractivity contribution in [3.63, 3.8) is 0 Å². The molecule has 0 aromatic heterocycles. The van der Waals surface area contributed by atoms with E-state index < -0.39 is 0 Å². The average Bonchev–Trinajstić information content (AvgIpc) is 3.27. The first-order valence-corrected chi connectivity index (χ1v) is 7.22. The second-order valence-electron chi connectivity index (χ2n) is 4.77. The molecule has 1 fully saturated rings. The Bertz CT molecular complexity index is 517. The highest BCUT2D eigenvalue weighted by Crippen LogP contribution is 2.29. The predicted octanol–water partition coefficient (Wildman–Crippen LogP) is 4.50. The van der Waals surface area contributed by atoms with Gasteiger partial charge in [0.1, 0.15) is 12.2 Å². The highest BCUT2D eigenvalue weighted by atomic mass is 35.5. The van der Waals surface area contributed by atoms with Gasteiger partial charge < -0.3 is 9.47 Å². The SMILES string of the molecule is Clc1ccc(C(OCC2CO2)c2ccc(Cl)cc2)cc1. The van der Waals surface area contributed by atoms with Crippen LogP contribution in [0.25, 0.3) is 0 Å². The molecule has 2 aromatic carbocycles. The van der Waals surface area contributed by atoms with Crippen molar-refractivity contribution in [1.29, 1.82) is 0 Å². The Labute approximate surface area is 128 Å². The van der Waals surface area contributed by atoms with E-state index in [2.05, 4.69) is 0 Å². The molecule has 0 radical (unpaired) electrons. The first-order chi connectivity index (χ1) is 9.72. The number of hydrogen-bond donors (Lipinski definition) is 0. The molecule has 2 aromatic rings. The van der Waals surface area contributed by atoms with Crippen molar-refractivity contribution in [2.24, 2.45) is 0 Å². The topological polar surface area (TPSA) is 21.8 Å². The number of halogens is 2. The number of benzene rings is 2. The summed E-state index contributed by atoms with van der Waals surface area (Å²) in [6, 6.07) is 15.4. The van der Waals surface area contributed by atoms with Crippen molar-refractivity contribution in [2.75, 3.05) is 13.2 Å². The van der Waals surface area contributed by atoms with Gasteiger partial charge in [-0.3, -0.25) is 0 Å². The maximum absolute atomic E-state index is 6.01. The molecule has 1 atom stereocenters. The van der Waals surface area contributed by atoms with Crippen LogP contribution in [-0.4, -0.2) is 19.3 Å². The monoisotopic (exact) mass is 308 g/mol. The van der Waals surface area contributed by atoms with E-state index in [1.54, 1.807) is 0 Å². The molecule has 0 bridgehead atoms. The maximum atomic E-state index is 6.01. The third kappa shape index (κ3) is 3.53. The fourth-order valence-electron chi connectivity index (χ4n) is 2.03. The maximum Gasteiger partial charge on any atom is 0.108 e. The normalized spacial score (nSPS) is 17.4. The smallest absolute Gasteiger partial charge is 0.108 e. The number of hydrogen-bond acceptors (Lipinski definition) is 2. The lowest BCUT2D eigenvalue weighted by Gasteiger charge is -2.18. The van der Waals surface area contributed by atoms with Gasteiger partial charge in [0, 0.05) is 10.0 Å². The van der Waals surface area contributed by atoms with E-state index in [1.165, 1.54) is 0 Å². The van der Waals surface area contributed by atoms with Crippen molar-refractivity contribution >= 4 is 23.2 Å². The van der Waals surface area contributed by atoms with Gasteiger partial charge in [0.05, 0.1) is 13.2 Å². The Hall–Kier alpha value is -1.06. The number of epoxide rings is 1. The van der Waals surface area contributed by atoms with Crippen molar-refractivity contribution in [2.45, 2.75) is 12.2 Å². The zero-order valence-corrected chi connectivity index (χ0v) is 12.3. The number of rotatable bonds is 5.